The van der Waals surface area contributed by atoms with Crippen molar-refractivity contribution in [1.82, 2.24) is 0 Å². The highest BCUT2D eigenvalue weighted by Crippen LogP contribution is 2.23. The summed E-state index contributed by atoms with van der Waals surface area (Å²) in [6.07, 6.45) is -0.386. The fourth-order valence-electron chi connectivity index (χ4n) is 1.63. The van der Waals surface area contributed by atoms with Gasteiger partial charge in [0.2, 0.25) is 0 Å². The van der Waals surface area contributed by atoms with E-state index >= 15 is 0 Å². The van der Waals surface area contributed by atoms with Crippen molar-refractivity contribution in [1.29, 1.82) is 0 Å². The van der Waals surface area contributed by atoms with Crippen LogP contribution < -0.4 is 0 Å². The summed E-state index contributed by atoms with van der Waals surface area (Å²) < 4.78 is 4.53. The van der Waals surface area contributed by atoms with Crippen LogP contribution in [0.15, 0.2) is 30.3 Å². The Balaban J connectivity index is 2.85. The molecule has 0 radical (unpaired) electrons. The second-order valence-electron chi connectivity index (χ2n) is 3.39. The minimum atomic E-state index is -1.08. The van der Waals surface area contributed by atoms with Gasteiger partial charge in [-0.25, -0.2) is 4.79 Å². The molecule has 0 aliphatic heterocycles. The van der Waals surface area contributed by atoms with Crippen molar-refractivity contribution in [3.8, 4) is 0 Å². The Labute approximate surface area is 89.7 Å². The van der Waals surface area contributed by atoms with Gasteiger partial charge in [-0.15, -0.1) is 0 Å². The first kappa shape index (κ1) is 11.7. The van der Waals surface area contributed by atoms with Crippen molar-refractivity contribution in [2.45, 2.75) is 25.4 Å². The number of carbonyl (C=O) groups excluding carboxylic acids is 1. The fourth-order valence-corrected chi connectivity index (χ4v) is 1.63. The van der Waals surface area contributed by atoms with Crippen molar-refractivity contribution < 1.29 is 14.6 Å². The summed E-state index contributed by atoms with van der Waals surface area (Å²) in [6.45, 7) is 1.93. The lowest BCUT2D eigenvalue weighted by Crippen LogP contribution is -2.28. The molecule has 3 nitrogen and oxygen atoms in total. The van der Waals surface area contributed by atoms with Gasteiger partial charge < -0.3 is 9.84 Å². The molecule has 2 unspecified atom stereocenters. The summed E-state index contributed by atoms with van der Waals surface area (Å²) in [7, 11) is 1.28. The number of carbonyl (C=O) groups is 1. The van der Waals surface area contributed by atoms with E-state index in [1.165, 1.54) is 7.11 Å². The highest BCUT2D eigenvalue weighted by Gasteiger charge is 2.26. The molecule has 0 heterocycles. The van der Waals surface area contributed by atoms with Crippen LogP contribution in [0.2, 0.25) is 0 Å². The second-order valence-corrected chi connectivity index (χ2v) is 3.39. The van der Waals surface area contributed by atoms with Crippen LogP contribution in [-0.2, 0) is 9.53 Å². The van der Waals surface area contributed by atoms with Crippen LogP contribution in [0.25, 0.3) is 0 Å². The second kappa shape index (κ2) is 5.51. The Morgan fingerprint density at radius 2 is 2.00 bits per heavy atom. The molecule has 0 bridgehead atoms. The van der Waals surface area contributed by atoms with Gasteiger partial charge in [-0.1, -0.05) is 37.3 Å². The third-order valence-corrected chi connectivity index (χ3v) is 2.49. The van der Waals surface area contributed by atoms with Gasteiger partial charge in [0, 0.05) is 5.92 Å². The Hall–Kier alpha value is -1.35. The van der Waals surface area contributed by atoms with Crippen molar-refractivity contribution in [2.24, 2.45) is 0 Å². The van der Waals surface area contributed by atoms with Crippen LogP contribution in [-0.4, -0.2) is 24.3 Å². The van der Waals surface area contributed by atoms with Gasteiger partial charge in [-0.3, -0.25) is 0 Å². The van der Waals surface area contributed by atoms with Gasteiger partial charge in [0.15, 0.2) is 6.10 Å². The topological polar surface area (TPSA) is 46.5 Å². The summed E-state index contributed by atoms with van der Waals surface area (Å²) in [5.41, 5.74) is 0.956. The molecular formula is C12H16O3. The van der Waals surface area contributed by atoms with Crippen LogP contribution in [0, 0.1) is 0 Å². The van der Waals surface area contributed by atoms with E-state index in [0.717, 1.165) is 5.56 Å². The highest BCUT2D eigenvalue weighted by atomic mass is 16.5. The van der Waals surface area contributed by atoms with Gasteiger partial charge in [-0.05, 0) is 12.0 Å². The van der Waals surface area contributed by atoms with E-state index < -0.39 is 12.1 Å². The molecule has 0 aromatic heterocycles. The normalized spacial score (nSPS) is 14.3. The number of hydrogen-bond donors (Lipinski definition) is 1. The number of hydrogen-bond acceptors (Lipinski definition) is 3. The van der Waals surface area contributed by atoms with E-state index in [1.807, 2.05) is 37.3 Å². The molecule has 0 saturated heterocycles. The van der Waals surface area contributed by atoms with Crippen LogP contribution in [0.5, 0.6) is 0 Å². The number of ether oxygens (including phenoxy) is 1. The molecular weight excluding hydrogens is 192 g/mol. The zero-order chi connectivity index (χ0) is 11.3. The summed E-state index contributed by atoms with van der Waals surface area (Å²) in [5, 5.41) is 9.76. The van der Waals surface area contributed by atoms with Crippen LogP contribution >= 0.6 is 0 Å². The molecule has 3 heteroatoms. The molecule has 1 rings (SSSR count). The predicted octanol–water partition coefficient (Wildman–Crippen LogP) is 1.71. The lowest BCUT2D eigenvalue weighted by molar-refractivity contribution is -0.151. The first-order valence-corrected chi connectivity index (χ1v) is 5.01. The summed E-state index contributed by atoms with van der Waals surface area (Å²) in [6, 6.07) is 9.49. The first-order chi connectivity index (χ1) is 7.20. The number of rotatable bonds is 4. The van der Waals surface area contributed by atoms with Gasteiger partial charge in [0.25, 0.3) is 0 Å². The first-order valence-electron chi connectivity index (χ1n) is 5.01. The van der Waals surface area contributed by atoms with Crippen molar-refractivity contribution in [3.63, 3.8) is 0 Å². The Bertz CT molecular complexity index is 308. The van der Waals surface area contributed by atoms with Crippen LogP contribution in [0.1, 0.15) is 24.8 Å². The van der Waals surface area contributed by atoms with Crippen molar-refractivity contribution in [3.05, 3.63) is 35.9 Å². The molecule has 0 aliphatic rings. The maximum absolute atomic E-state index is 11.2. The molecule has 1 aromatic rings. The molecule has 15 heavy (non-hydrogen) atoms. The summed E-state index contributed by atoms with van der Waals surface area (Å²) >= 11 is 0. The van der Waals surface area contributed by atoms with Crippen molar-refractivity contribution >= 4 is 5.97 Å². The van der Waals surface area contributed by atoms with Crippen LogP contribution in [0.4, 0.5) is 0 Å². The van der Waals surface area contributed by atoms with Crippen LogP contribution in [0.3, 0.4) is 0 Å². The maximum atomic E-state index is 11.2. The molecule has 1 N–H and O–H groups in total. The van der Waals surface area contributed by atoms with E-state index in [0.29, 0.717) is 6.42 Å². The third kappa shape index (κ3) is 2.80. The van der Waals surface area contributed by atoms with E-state index in [1.54, 1.807) is 0 Å². The molecule has 82 valence electrons. The average Bonchev–Trinajstić information content (AvgIpc) is 2.30. The fraction of sp³-hybridized carbons (Fsp3) is 0.417. The Kier molecular flexibility index (Phi) is 4.31. The van der Waals surface area contributed by atoms with Gasteiger partial charge in [0.05, 0.1) is 7.11 Å². The monoisotopic (exact) mass is 208 g/mol. The van der Waals surface area contributed by atoms with E-state index in [9.17, 15) is 9.90 Å². The van der Waals surface area contributed by atoms with Gasteiger partial charge in [-0.2, -0.15) is 0 Å². The standard InChI is InChI=1S/C12H16O3/c1-3-10(11(13)12(14)15-2)9-7-5-4-6-8-9/h4-8,10-11,13H,3H2,1-2H3. The average molecular weight is 208 g/mol. The van der Waals surface area contributed by atoms with E-state index in [4.69, 9.17) is 0 Å². The minimum Gasteiger partial charge on any atom is -0.467 e. The lowest BCUT2D eigenvalue weighted by atomic mass is 9.91. The number of aliphatic hydroxyl groups excluding tert-OH is 1. The molecule has 0 amide bonds. The number of aliphatic hydroxyl groups is 1. The number of methoxy groups -OCH3 is 1. The summed E-state index contributed by atoms with van der Waals surface area (Å²) in [4.78, 5) is 11.2. The van der Waals surface area contributed by atoms with E-state index in [-0.39, 0.29) is 5.92 Å². The zero-order valence-corrected chi connectivity index (χ0v) is 9.01. The predicted molar refractivity (Wildman–Crippen MR) is 57.5 cm³/mol. The van der Waals surface area contributed by atoms with E-state index in [2.05, 4.69) is 4.74 Å². The molecule has 0 fully saturated rings. The molecule has 1 aromatic carbocycles. The molecule has 0 spiro atoms. The third-order valence-electron chi connectivity index (χ3n) is 2.49. The highest BCUT2D eigenvalue weighted by molar-refractivity contribution is 5.75. The summed E-state index contributed by atoms with van der Waals surface area (Å²) in [5.74, 6) is -0.774. The lowest BCUT2D eigenvalue weighted by Gasteiger charge is -2.19. The van der Waals surface area contributed by atoms with Crippen molar-refractivity contribution in [2.75, 3.05) is 7.11 Å². The van der Waals surface area contributed by atoms with Gasteiger partial charge >= 0.3 is 5.97 Å². The molecule has 2 atom stereocenters. The number of esters is 1. The Morgan fingerprint density at radius 3 is 2.47 bits per heavy atom. The molecule has 0 saturated carbocycles. The zero-order valence-electron chi connectivity index (χ0n) is 9.01. The largest absolute Gasteiger partial charge is 0.467 e. The van der Waals surface area contributed by atoms with Gasteiger partial charge in [0.1, 0.15) is 0 Å². The maximum Gasteiger partial charge on any atom is 0.335 e. The smallest absolute Gasteiger partial charge is 0.335 e. The molecule has 0 aliphatic carbocycles. The SMILES string of the molecule is CCC(c1ccccc1)C(O)C(=O)OC. The Morgan fingerprint density at radius 1 is 1.40 bits per heavy atom. The minimum absolute atomic E-state index is 0.196. The quantitative estimate of drug-likeness (QED) is 0.766. The number of benzene rings is 1.